The minimum absolute atomic E-state index is 0.234. The third-order valence-electron chi connectivity index (χ3n) is 6.12. The van der Waals surface area contributed by atoms with Crippen LogP contribution in [0.25, 0.3) is 0 Å². The number of carboxylic acid groups (broad SMARTS) is 2. The molecule has 0 aromatic heterocycles. The number of carboxylic acids is 2. The Hall–Kier alpha value is -1.06. The summed E-state index contributed by atoms with van der Waals surface area (Å²) in [5.74, 6) is -1.58. The van der Waals surface area contributed by atoms with Crippen molar-refractivity contribution >= 4 is 11.9 Å². The van der Waals surface area contributed by atoms with Gasteiger partial charge in [0, 0.05) is 0 Å². The Morgan fingerprint density at radius 1 is 1.00 bits per heavy atom. The molecule has 146 valence electrons. The van der Waals surface area contributed by atoms with Crippen molar-refractivity contribution in [1.82, 2.24) is 0 Å². The van der Waals surface area contributed by atoms with Gasteiger partial charge in [0.15, 0.2) is 0 Å². The molecule has 1 fully saturated rings. The van der Waals surface area contributed by atoms with E-state index in [-0.39, 0.29) is 5.92 Å². The maximum absolute atomic E-state index is 11.7. The number of hydrogen-bond donors (Lipinski definition) is 2. The molecule has 0 amide bonds. The van der Waals surface area contributed by atoms with E-state index in [0.717, 1.165) is 25.2 Å². The van der Waals surface area contributed by atoms with Crippen molar-refractivity contribution in [3.8, 4) is 0 Å². The van der Waals surface area contributed by atoms with E-state index < -0.39 is 23.3 Å². The highest BCUT2D eigenvalue weighted by atomic mass is 16.4. The largest absolute Gasteiger partial charge is 0.481 e. The molecule has 1 aliphatic carbocycles. The first-order valence-electron chi connectivity index (χ1n) is 10.2. The molecule has 0 spiro atoms. The van der Waals surface area contributed by atoms with Gasteiger partial charge in [-0.2, -0.15) is 0 Å². The average Bonchev–Trinajstić information content (AvgIpc) is 2.53. The Balaban J connectivity index is 2.34. The van der Waals surface area contributed by atoms with Crippen molar-refractivity contribution < 1.29 is 19.8 Å². The first-order chi connectivity index (χ1) is 11.8. The molecule has 4 heteroatoms. The molecule has 1 saturated carbocycles. The standard InChI is InChI=1S/C21H38O4/c1-16(2)12-9-7-5-4-6-8-10-14-18-17(19(22)23)13-11-15-21(18,3)20(24)25/h16-18H,4-15H2,1-3H3,(H,22,23)(H,24,25). The summed E-state index contributed by atoms with van der Waals surface area (Å²) in [6, 6.07) is 0. The second-order valence-electron chi connectivity index (χ2n) is 8.61. The fourth-order valence-corrected chi connectivity index (χ4v) is 4.40. The van der Waals surface area contributed by atoms with Crippen LogP contribution in [0.5, 0.6) is 0 Å². The van der Waals surface area contributed by atoms with Crippen LogP contribution in [0.3, 0.4) is 0 Å². The van der Waals surface area contributed by atoms with Gasteiger partial charge in [-0.05, 0) is 38.0 Å². The summed E-state index contributed by atoms with van der Waals surface area (Å²) >= 11 is 0. The summed E-state index contributed by atoms with van der Waals surface area (Å²) in [4.78, 5) is 23.3. The number of carbonyl (C=O) groups is 2. The van der Waals surface area contributed by atoms with Crippen LogP contribution < -0.4 is 0 Å². The minimum Gasteiger partial charge on any atom is -0.481 e. The smallest absolute Gasteiger partial charge is 0.309 e. The van der Waals surface area contributed by atoms with Gasteiger partial charge in [0.25, 0.3) is 0 Å². The van der Waals surface area contributed by atoms with E-state index in [1.165, 1.54) is 38.5 Å². The molecule has 0 bridgehead atoms. The molecule has 0 heterocycles. The van der Waals surface area contributed by atoms with Crippen molar-refractivity contribution in [2.24, 2.45) is 23.2 Å². The summed E-state index contributed by atoms with van der Waals surface area (Å²) in [7, 11) is 0. The summed E-state index contributed by atoms with van der Waals surface area (Å²) in [6.45, 7) is 6.28. The molecular formula is C21H38O4. The lowest BCUT2D eigenvalue weighted by molar-refractivity contribution is -0.161. The maximum atomic E-state index is 11.7. The third-order valence-corrected chi connectivity index (χ3v) is 6.12. The summed E-state index contributed by atoms with van der Waals surface area (Å²) in [6.07, 6.45) is 12.3. The quantitative estimate of drug-likeness (QED) is 0.438. The number of aliphatic carboxylic acids is 2. The van der Waals surface area contributed by atoms with Gasteiger partial charge in [-0.3, -0.25) is 9.59 Å². The highest BCUT2D eigenvalue weighted by molar-refractivity contribution is 5.78. The van der Waals surface area contributed by atoms with Crippen molar-refractivity contribution in [3.63, 3.8) is 0 Å². The van der Waals surface area contributed by atoms with Crippen LogP contribution in [0.1, 0.15) is 97.8 Å². The van der Waals surface area contributed by atoms with Crippen LogP contribution >= 0.6 is 0 Å². The van der Waals surface area contributed by atoms with Crippen molar-refractivity contribution in [1.29, 1.82) is 0 Å². The Bertz CT molecular complexity index is 418. The van der Waals surface area contributed by atoms with Gasteiger partial charge in [0.1, 0.15) is 0 Å². The number of unbranched alkanes of at least 4 members (excludes halogenated alkanes) is 6. The zero-order chi connectivity index (χ0) is 18.9. The van der Waals surface area contributed by atoms with Crippen LogP contribution in [0.15, 0.2) is 0 Å². The zero-order valence-electron chi connectivity index (χ0n) is 16.4. The van der Waals surface area contributed by atoms with Gasteiger partial charge >= 0.3 is 11.9 Å². The van der Waals surface area contributed by atoms with E-state index in [4.69, 9.17) is 0 Å². The predicted molar refractivity (Wildman–Crippen MR) is 101 cm³/mol. The number of rotatable bonds is 12. The van der Waals surface area contributed by atoms with Crippen LogP contribution in [0.2, 0.25) is 0 Å². The molecule has 0 aromatic rings. The normalized spacial score (nSPS) is 26.7. The molecule has 1 aliphatic rings. The average molecular weight is 355 g/mol. The second kappa shape index (κ2) is 10.8. The maximum Gasteiger partial charge on any atom is 0.309 e. The third kappa shape index (κ3) is 6.99. The monoisotopic (exact) mass is 354 g/mol. The fourth-order valence-electron chi connectivity index (χ4n) is 4.40. The molecule has 3 unspecified atom stereocenters. The molecule has 3 atom stereocenters. The van der Waals surface area contributed by atoms with Crippen LogP contribution in [-0.4, -0.2) is 22.2 Å². The molecule has 2 N–H and O–H groups in total. The molecule has 0 aromatic carbocycles. The lowest BCUT2D eigenvalue weighted by Gasteiger charge is -2.41. The lowest BCUT2D eigenvalue weighted by Crippen LogP contribution is -2.45. The van der Waals surface area contributed by atoms with Gasteiger partial charge in [-0.1, -0.05) is 71.6 Å². The zero-order valence-corrected chi connectivity index (χ0v) is 16.4. The molecule has 25 heavy (non-hydrogen) atoms. The highest BCUT2D eigenvalue weighted by Gasteiger charge is 2.49. The van der Waals surface area contributed by atoms with Crippen LogP contribution in [0.4, 0.5) is 0 Å². The van der Waals surface area contributed by atoms with E-state index in [2.05, 4.69) is 13.8 Å². The summed E-state index contributed by atoms with van der Waals surface area (Å²) in [5, 5.41) is 19.1. The number of hydrogen-bond acceptors (Lipinski definition) is 2. The van der Waals surface area contributed by atoms with E-state index in [1.54, 1.807) is 6.92 Å². The second-order valence-corrected chi connectivity index (χ2v) is 8.61. The van der Waals surface area contributed by atoms with E-state index in [1.807, 2.05) is 0 Å². The topological polar surface area (TPSA) is 74.6 Å². The Morgan fingerprint density at radius 2 is 1.56 bits per heavy atom. The van der Waals surface area contributed by atoms with Crippen LogP contribution in [0, 0.1) is 23.2 Å². The molecule has 0 radical (unpaired) electrons. The first-order valence-corrected chi connectivity index (χ1v) is 10.2. The highest BCUT2D eigenvalue weighted by Crippen LogP contribution is 2.47. The van der Waals surface area contributed by atoms with Gasteiger partial charge < -0.3 is 10.2 Å². The van der Waals surface area contributed by atoms with Crippen LogP contribution in [-0.2, 0) is 9.59 Å². The van der Waals surface area contributed by atoms with E-state index >= 15 is 0 Å². The Labute approximate surface area is 153 Å². The molecule has 0 aliphatic heterocycles. The van der Waals surface area contributed by atoms with Gasteiger partial charge in [-0.25, -0.2) is 0 Å². The minimum atomic E-state index is -0.877. The fraction of sp³-hybridized carbons (Fsp3) is 0.905. The molecule has 0 saturated heterocycles. The van der Waals surface area contributed by atoms with E-state index in [9.17, 15) is 19.8 Å². The first kappa shape index (κ1) is 22.0. The van der Waals surface area contributed by atoms with Crippen molar-refractivity contribution in [3.05, 3.63) is 0 Å². The lowest BCUT2D eigenvalue weighted by atomic mass is 9.61. The predicted octanol–water partition coefficient (Wildman–Crippen LogP) is 5.75. The molecular weight excluding hydrogens is 316 g/mol. The van der Waals surface area contributed by atoms with Crippen molar-refractivity contribution in [2.75, 3.05) is 0 Å². The summed E-state index contributed by atoms with van der Waals surface area (Å²) in [5.41, 5.74) is -0.877. The van der Waals surface area contributed by atoms with E-state index in [0.29, 0.717) is 19.3 Å². The summed E-state index contributed by atoms with van der Waals surface area (Å²) < 4.78 is 0. The van der Waals surface area contributed by atoms with Gasteiger partial charge in [0.2, 0.25) is 0 Å². The SMILES string of the molecule is CC(C)CCCCCCCCCC1C(C(=O)O)CCCC1(C)C(=O)O. The Morgan fingerprint density at radius 3 is 2.08 bits per heavy atom. The van der Waals surface area contributed by atoms with Crippen molar-refractivity contribution in [2.45, 2.75) is 97.8 Å². The Kier molecular flexibility index (Phi) is 9.52. The molecule has 4 nitrogen and oxygen atoms in total. The van der Waals surface area contributed by atoms with Gasteiger partial charge in [-0.15, -0.1) is 0 Å². The molecule has 1 rings (SSSR count). The van der Waals surface area contributed by atoms with Gasteiger partial charge in [0.05, 0.1) is 11.3 Å².